The first-order chi connectivity index (χ1) is 9.08. The Kier molecular flexibility index (Phi) is 5.69. The molecule has 1 aromatic rings. The van der Waals surface area contributed by atoms with Gasteiger partial charge in [0.05, 0.1) is 6.33 Å². The van der Waals surface area contributed by atoms with Crippen LogP contribution in [0.1, 0.15) is 6.92 Å². The lowest BCUT2D eigenvalue weighted by Crippen LogP contribution is -2.18. The van der Waals surface area contributed by atoms with Crippen molar-refractivity contribution in [2.75, 3.05) is 0 Å². The SMILES string of the molecule is C\C(=C/C=C(\C=C\F)Oc1cccc(F)c1F)NN. The summed E-state index contributed by atoms with van der Waals surface area (Å²) < 4.78 is 43.6. The van der Waals surface area contributed by atoms with Gasteiger partial charge in [-0.05, 0) is 31.2 Å². The van der Waals surface area contributed by atoms with E-state index < -0.39 is 11.6 Å². The van der Waals surface area contributed by atoms with Crippen molar-refractivity contribution in [2.45, 2.75) is 6.92 Å². The van der Waals surface area contributed by atoms with E-state index in [2.05, 4.69) is 5.43 Å². The lowest BCUT2D eigenvalue weighted by molar-refractivity contribution is 0.392. The number of allylic oxidation sites excluding steroid dienone is 4. The average molecular weight is 270 g/mol. The second-order valence-corrected chi connectivity index (χ2v) is 3.51. The van der Waals surface area contributed by atoms with Crippen LogP contribution < -0.4 is 16.0 Å². The van der Waals surface area contributed by atoms with Gasteiger partial charge >= 0.3 is 0 Å². The number of hydrogen-bond acceptors (Lipinski definition) is 3. The van der Waals surface area contributed by atoms with Crippen molar-refractivity contribution < 1.29 is 17.9 Å². The van der Waals surface area contributed by atoms with E-state index in [4.69, 9.17) is 10.6 Å². The van der Waals surface area contributed by atoms with Gasteiger partial charge in [0.15, 0.2) is 11.6 Å². The Bertz CT molecular complexity index is 525. The summed E-state index contributed by atoms with van der Waals surface area (Å²) in [6.07, 6.45) is 4.04. The summed E-state index contributed by atoms with van der Waals surface area (Å²) in [7, 11) is 0. The molecule has 0 aliphatic rings. The summed E-state index contributed by atoms with van der Waals surface area (Å²) in [4.78, 5) is 0. The van der Waals surface area contributed by atoms with Gasteiger partial charge in [0.25, 0.3) is 0 Å². The molecule has 0 aliphatic heterocycles. The molecule has 0 spiro atoms. The Balaban J connectivity index is 2.99. The van der Waals surface area contributed by atoms with Gasteiger partial charge < -0.3 is 10.2 Å². The number of nitrogens with one attached hydrogen (secondary N) is 1. The predicted octanol–water partition coefficient (Wildman–Crippen LogP) is 3.08. The number of halogens is 3. The highest BCUT2D eigenvalue weighted by molar-refractivity contribution is 5.30. The monoisotopic (exact) mass is 270 g/mol. The maximum atomic E-state index is 13.4. The van der Waals surface area contributed by atoms with E-state index >= 15 is 0 Å². The summed E-state index contributed by atoms with van der Waals surface area (Å²) >= 11 is 0. The topological polar surface area (TPSA) is 47.3 Å². The van der Waals surface area contributed by atoms with E-state index in [1.54, 1.807) is 6.92 Å². The molecular formula is C13H13F3N2O. The molecule has 0 unspecified atom stereocenters. The molecule has 0 saturated carbocycles. The zero-order chi connectivity index (χ0) is 14.3. The van der Waals surface area contributed by atoms with Crippen molar-refractivity contribution in [3.8, 4) is 5.75 Å². The van der Waals surface area contributed by atoms with Gasteiger partial charge in [-0.1, -0.05) is 6.07 Å². The molecule has 0 aromatic heterocycles. The summed E-state index contributed by atoms with van der Waals surface area (Å²) in [6.45, 7) is 1.66. The molecule has 0 saturated heterocycles. The molecule has 102 valence electrons. The third-order valence-electron chi connectivity index (χ3n) is 2.10. The molecule has 1 rings (SSSR count). The normalized spacial score (nSPS) is 12.9. The summed E-state index contributed by atoms with van der Waals surface area (Å²) in [6, 6.07) is 3.47. The van der Waals surface area contributed by atoms with E-state index in [0.29, 0.717) is 5.70 Å². The summed E-state index contributed by atoms with van der Waals surface area (Å²) in [5.74, 6) is 2.60. The maximum absolute atomic E-state index is 13.4. The Hall–Kier alpha value is -2.21. The van der Waals surface area contributed by atoms with Crippen LogP contribution in [-0.2, 0) is 0 Å². The van der Waals surface area contributed by atoms with Gasteiger partial charge in [-0.2, -0.15) is 4.39 Å². The highest BCUT2D eigenvalue weighted by Gasteiger charge is 2.09. The lowest BCUT2D eigenvalue weighted by atomic mass is 10.3. The summed E-state index contributed by atoms with van der Waals surface area (Å²) in [5.41, 5.74) is 2.93. The lowest BCUT2D eigenvalue weighted by Gasteiger charge is -2.07. The van der Waals surface area contributed by atoms with Crippen molar-refractivity contribution in [1.29, 1.82) is 0 Å². The van der Waals surface area contributed by atoms with Crippen molar-refractivity contribution in [3.05, 3.63) is 65.8 Å². The zero-order valence-electron chi connectivity index (χ0n) is 10.2. The Morgan fingerprint density at radius 1 is 1.32 bits per heavy atom. The molecule has 3 N–H and O–H groups in total. The van der Waals surface area contributed by atoms with E-state index in [1.165, 1.54) is 24.3 Å². The first-order valence-electron chi connectivity index (χ1n) is 5.32. The van der Waals surface area contributed by atoms with Crippen molar-refractivity contribution in [2.24, 2.45) is 5.84 Å². The number of ether oxygens (including phenoxy) is 1. The standard InChI is InChI=1S/C13H13F3N2O/c1-9(18-17)5-6-10(7-8-14)19-12-4-2-3-11(15)13(12)16/h2-8,18H,17H2,1H3/b8-7+,9-5+,10-6+. The smallest absolute Gasteiger partial charge is 0.201 e. The van der Waals surface area contributed by atoms with Crippen LogP contribution in [-0.4, -0.2) is 0 Å². The number of nitrogens with two attached hydrogens (primary N) is 1. The minimum Gasteiger partial charge on any atom is -0.454 e. The molecule has 0 radical (unpaired) electrons. The third kappa shape index (κ3) is 4.51. The van der Waals surface area contributed by atoms with Gasteiger partial charge in [0.1, 0.15) is 5.76 Å². The highest BCUT2D eigenvalue weighted by Crippen LogP contribution is 2.21. The highest BCUT2D eigenvalue weighted by atomic mass is 19.2. The van der Waals surface area contributed by atoms with Gasteiger partial charge in [-0.15, -0.1) is 0 Å². The average Bonchev–Trinajstić information content (AvgIpc) is 2.41. The zero-order valence-corrected chi connectivity index (χ0v) is 10.2. The maximum Gasteiger partial charge on any atom is 0.201 e. The van der Waals surface area contributed by atoms with Crippen molar-refractivity contribution in [3.63, 3.8) is 0 Å². The van der Waals surface area contributed by atoms with Gasteiger partial charge in [-0.3, -0.25) is 5.84 Å². The molecule has 0 heterocycles. The number of rotatable bonds is 5. The Labute approximate surface area is 108 Å². The van der Waals surface area contributed by atoms with Crippen LogP contribution in [0.25, 0.3) is 0 Å². The first-order valence-corrected chi connectivity index (χ1v) is 5.32. The van der Waals surface area contributed by atoms with Crippen molar-refractivity contribution >= 4 is 0 Å². The first kappa shape index (κ1) is 14.8. The molecule has 0 fully saturated rings. The van der Waals surface area contributed by atoms with Gasteiger partial charge in [0.2, 0.25) is 5.82 Å². The fraction of sp³-hybridized carbons (Fsp3) is 0.0769. The fourth-order valence-corrected chi connectivity index (χ4v) is 1.13. The summed E-state index contributed by atoms with van der Waals surface area (Å²) in [5, 5.41) is 0. The predicted molar refractivity (Wildman–Crippen MR) is 66.4 cm³/mol. The molecule has 0 aliphatic carbocycles. The van der Waals surface area contributed by atoms with E-state index in [-0.39, 0.29) is 17.8 Å². The third-order valence-corrected chi connectivity index (χ3v) is 2.10. The van der Waals surface area contributed by atoms with Crippen LogP contribution in [0, 0.1) is 11.6 Å². The van der Waals surface area contributed by atoms with E-state index in [9.17, 15) is 13.2 Å². The van der Waals surface area contributed by atoms with Gasteiger partial charge in [-0.25, -0.2) is 8.78 Å². The van der Waals surface area contributed by atoms with Crippen molar-refractivity contribution in [1.82, 2.24) is 5.43 Å². The number of hydrazine groups is 1. The number of hydrogen-bond donors (Lipinski definition) is 2. The second-order valence-electron chi connectivity index (χ2n) is 3.51. The van der Waals surface area contributed by atoms with Crippen LogP contribution >= 0.6 is 0 Å². The van der Waals surface area contributed by atoms with Crippen LogP contribution in [0.15, 0.2) is 54.2 Å². The molecule has 0 bridgehead atoms. The second kappa shape index (κ2) is 7.27. The van der Waals surface area contributed by atoms with E-state index in [1.807, 2.05) is 0 Å². The Morgan fingerprint density at radius 2 is 2.05 bits per heavy atom. The van der Waals surface area contributed by atoms with Crippen LogP contribution in [0.3, 0.4) is 0 Å². The molecule has 0 atom stereocenters. The minimum absolute atomic E-state index is 0.0124. The largest absolute Gasteiger partial charge is 0.454 e. The Morgan fingerprint density at radius 3 is 2.68 bits per heavy atom. The molecule has 0 amide bonds. The molecule has 3 nitrogen and oxygen atoms in total. The molecular weight excluding hydrogens is 257 g/mol. The quantitative estimate of drug-likeness (QED) is 0.374. The van der Waals surface area contributed by atoms with Crippen LogP contribution in [0.2, 0.25) is 0 Å². The molecule has 19 heavy (non-hydrogen) atoms. The molecule has 1 aromatic carbocycles. The van der Waals surface area contributed by atoms with Gasteiger partial charge in [0, 0.05) is 11.8 Å². The minimum atomic E-state index is -1.14. The van der Waals surface area contributed by atoms with E-state index in [0.717, 1.165) is 12.1 Å². The fourth-order valence-electron chi connectivity index (χ4n) is 1.13. The molecule has 6 heteroatoms. The number of benzene rings is 1. The van der Waals surface area contributed by atoms with Crippen LogP contribution in [0.5, 0.6) is 5.75 Å². The van der Waals surface area contributed by atoms with Crippen LogP contribution in [0.4, 0.5) is 13.2 Å².